The average Bonchev–Trinajstić information content (AvgIpc) is 2.86. The lowest BCUT2D eigenvalue weighted by Crippen LogP contribution is -2.62. The lowest BCUT2D eigenvalue weighted by atomic mass is 10.0. The van der Waals surface area contributed by atoms with E-state index < -0.39 is 0 Å². The largest absolute Gasteiger partial charge is 0.302 e. The Labute approximate surface area is 112 Å². The Morgan fingerprint density at radius 1 is 1.00 bits per heavy atom. The molecule has 2 aromatic carbocycles. The SMILES string of the molecule is [NH3+]C[n+]1cc2ccccc2c2c1-c1ccccc1C2. The quantitative estimate of drug-likeness (QED) is 0.499. The zero-order valence-electron chi connectivity index (χ0n) is 10.8. The minimum atomic E-state index is 0.765. The zero-order chi connectivity index (χ0) is 12.8. The molecule has 0 spiro atoms. The molecule has 92 valence electrons. The van der Waals surface area contributed by atoms with Crippen LogP contribution >= 0.6 is 0 Å². The fraction of sp³-hybridized carbons (Fsp3) is 0.118. The van der Waals surface area contributed by atoms with Gasteiger partial charge in [0.1, 0.15) is 0 Å². The first-order chi connectivity index (χ1) is 9.38. The molecule has 0 fully saturated rings. The summed E-state index contributed by atoms with van der Waals surface area (Å²) in [7, 11) is 0. The molecule has 0 bridgehead atoms. The highest BCUT2D eigenvalue weighted by Gasteiger charge is 2.29. The average molecular weight is 248 g/mol. The Balaban J connectivity index is 2.14. The topological polar surface area (TPSA) is 31.5 Å². The predicted octanol–water partition coefficient (Wildman–Crippen LogP) is 1.90. The molecular weight excluding hydrogens is 232 g/mol. The van der Waals surface area contributed by atoms with Gasteiger partial charge in [0, 0.05) is 17.4 Å². The first-order valence-electron chi connectivity index (χ1n) is 6.70. The third kappa shape index (κ3) is 1.44. The normalized spacial score (nSPS) is 12.5. The summed E-state index contributed by atoms with van der Waals surface area (Å²) in [5, 5.41) is 2.68. The van der Waals surface area contributed by atoms with Crippen molar-refractivity contribution < 1.29 is 10.3 Å². The summed E-state index contributed by atoms with van der Waals surface area (Å²) in [6.07, 6.45) is 3.26. The van der Waals surface area contributed by atoms with E-state index in [1.54, 1.807) is 0 Å². The number of nitrogens with zero attached hydrogens (tertiary/aromatic N) is 1. The first kappa shape index (κ1) is 10.7. The molecule has 1 aliphatic carbocycles. The Bertz CT molecular complexity index is 790. The Morgan fingerprint density at radius 2 is 1.79 bits per heavy atom. The minimum Gasteiger partial charge on any atom is -0.302 e. The second-order valence-electron chi connectivity index (χ2n) is 5.07. The van der Waals surface area contributed by atoms with Crippen molar-refractivity contribution in [2.24, 2.45) is 0 Å². The van der Waals surface area contributed by atoms with Gasteiger partial charge in [-0.2, -0.15) is 0 Å². The smallest absolute Gasteiger partial charge is 0.271 e. The summed E-state index contributed by atoms with van der Waals surface area (Å²) < 4.78 is 2.28. The van der Waals surface area contributed by atoms with Crippen molar-refractivity contribution in [3.05, 3.63) is 65.9 Å². The molecule has 19 heavy (non-hydrogen) atoms. The molecule has 0 saturated heterocycles. The molecule has 1 aromatic heterocycles. The summed E-state index contributed by atoms with van der Waals surface area (Å²) in [5.74, 6) is 0. The van der Waals surface area contributed by atoms with E-state index in [9.17, 15) is 0 Å². The molecule has 1 aliphatic rings. The number of pyridine rings is 1. The molecule has 4 rings (SSSR count). The fourth-order valence-electron chi connectivity index (χ4n) is 3.19. The number of benzene rings is 2. The van der Waals surface area contributed by atoms with Gasteiger partial charge in [-0.15, -0.1) is 4.57 Å². The Morgan fingerprint density at radius 3 is 2.68 bits per heavy atom. The lowest BCUT2D eigenvalue weighted by Gasteiger charge is -2.04. The van der Waals surface area contributed by atoms with Gasteiger partial charge >= 0.3 is 0 Å². The highest BCUT2D eigenvalue weighted by Crippen LogP contribution is 2.37. The third-order valence-corrected chi connectivity index (χ3v) is 4.03. The molecule has 0 radical (unpaired) electrons. The van der Waals surface area contributed by atoms with E-state index in [4.69, 9.17) is 0 Å². The van der Waals surface area contributed by atoms with Crippen LogP contribution < -0.4 is 10.3 Å². The van der Waals surface area contributed by atoms with Crippen molar-refractivity contribution in [1.29, 1.82) is 0 Å². The predicted molar refractivity (Wildman–Crippen MR) is 75.3 cm³/mol. The molecule has 3 N–H and O–H groups in total. The molecule has 0 unspecified atom stereocenters. The Hall–Kier alpha value is -2.19. The van der Waals surface area contributed by atoms with E-state index in [2.05, 4.69) is 65.0 Å². The van der Waals surface area contributed by atoms with Gasteiger partial charge in [0.15, 0.2) is 6.20 Å². The van der Waals surface area contributed by atoms with Crippen molar-refractivity contribution in [2.75, 3.05) is 0 Å². The van der Waals surface area contributed by atoms with Gasteiger partial charge in [-0.25, -0.2) is 0 Å². The number of quaternary nitrogens is 1. The Kier molecular flexibility index (Phi) is 2.20. The maximum atomic E-state index is 4.08. The van der Waals surface area contributed by atoms with Crippen LogP contribution in [0.3, 0.4) is 0 Å². The number of hydrogen-bond donors (Lipinski definition) is 1. The number of aromatic nitrogens is 1. The van der Waals surface area contributed by atoms with Crippen molar-refractivity contribution in [3.63, 3.8) is 0 Å². The molecule has 2 heteroatoms. The monoisotopic (exact) mass is 248 g/mol. The van der Waals surface area contributed by atoms with E-state index >= 15 is 0 Å². The van der Waals surface area contributed by atoms with Crippen LogP contribution in [0.4, 0.5) is 0 Å². The van der Waals surface area contributed by atoms with Gasteiger partial charge in [0.2, 0.25) is 5.69 Å². The van der Waals surface area contributed by atoms with E-state index in [-0.39, 0.29) is 0 Å². The van der Waals surface area contributed by atoms with Gasteiger partial charge in [-0.05, 0) is 23.1 Å². The van der Waals surface area contributed by atoms with Crippen LogP contribution in [0, 0.1) is 0 Å². The molecular formula is C17H16N2+2. The van der Waals surface area contributed by atoms with Crippen LogP contribution in [0.25, 0.3) is 22.0 Å². The van der Waals surface area contributed by atoms with E-state index in [1.165, 1.54) is 33.2 Å². The standard InChI is InChI=1S/C17H15N2/c18-11-19-10-13-6-2-3-7-14(13)16-9-12-5-1-4-8-15(12)17(16)19/h1-8,10H,9,11,18H2/q+1/p+1. The molecule has 2 nitrogen and oxygen atoms in total. The minimum absolute atomic E-state index is 0.765. The maximum Gasteiger partial charge on any atom is 0.271 e. The molecule has 1 heterocycles. The van der Waals surface area contributed by atoms with Gasteiger partial charge in [-0.3, -0.25) is 0 Å². The number of fused-ring (bicyclic) bond motifs is 5. The molecule has 0 saturated carbocycles. The second-order valence-corrected chi connectivity index (χ2v) is 5.07. The van der Waals surface area contributed by atoms with E-state index in [1.807, 2.05) is 0 Å². The summed E-state index contributed by atoms with van der Waals surface area (Å²) in [6.45, 7) is 0.765. The van der Waals surface area contributed by atoms with Gasteiger partial charge in [0.05, 0.1) is 5.56 Å². The molecule has 0 amide bonds. The summed E-state index contributed by atoms with van der Waals surface area (Å²) in [5.41, 5.74) is 9.67. The zero-order valence-corrected chi connectivity index (χ0v) is 10.8. The van der Waals surface area contributed by atoms with Gasteiger partial charge < -0.3 is 5.73 Å². The van der Waals surface area contributed by atoms with Crippen LogP contribution in [0.15, 0.2) is 54.7 Å². The molecule has 3 aromatic rings. The first-order valence-corrected chi connectivity index (χ1v) is 6.70. The van der Waals surface area contributed by atoms with Crippen LogP contribution in [-0.2, 0) is 13.1 Å². The summed E-state index contributed by atoms with van der Waals surface area (Å²) in [4.78, 5) is 0. The van der Waals surface area contributed by atoms with Crippen molar-refractivity contribution in [2.45, 2.75) is 13.1 Å². The number of rotatable bonds is 1. The molecule has 0 aliphatic heterocycles. The van der Waals surface area contributed by atoms with Crippen molar-refractivity contribution in [3.8, 4) is 11.3 Å². The van der Waals surface area contributed by atoms with E-state index in [0.29, 0.717) is 0 Å². The fourth-order valence-corrected chi connectivity index (χ4v) is 3.19. The molecule has 0 atom stereocenters. The van der Waals surface area contributed by atoms with Crippen LogP contribution in [0.2, 0.25) is 0 Å². The second kappa shape index (κ2) is 3.90. The third-order valence-electron chi connectivity index (χ3n) is 4.03. The number of hydrogen-bond acceptors (Lipinski definition) is 0. The van der Waals surface area contributed by atoms with Crippen molar-refractivity contribution >= 4 is 10.8 Å². The highest BCUT2D eigenvalue weighted by molar-refractivity contribution is 5.91. The van der Waals surface area contributed by atoms with Crippen LogP contribution in [0.1, 0.15) is 11.1 Å². The van der Waals surface area contributed by atoms with Gasteiger partial charge in [0.25, 0.3) is 6.67 Å². The van der Waals surface area contributed by atoms with Crippen molar-refractivity contribution in [1.82, 2.24) is 0 Å². The maximum absolute atomic E-state index is 4.08. The lowest BCUT2D eigenvalue weighted by molar-refractivity contribution is -0.806. The highest BCUT2D eigenvalue weighted by atomic mass is 15.0. The summed E-state index contributed by atoms with van der Waals surface area (Å²) in [6, 6.07) is 17.3. The van der Waals surface area contributed by atoms with Gasteiger partial charge in [-0.1, -0.05) is 36.4 Å². The van der Waals surface area contributed by atoms with E-state index in [0.717, 1.165) is 13.1 Å². The van der Waals surface area contributed by atoms with Crippen LogP contribution in [0.5, 0.6) is 0 Å². The van der Waals surface area contributed by atoms with Crippen LogP contribution in [-0.4, -0.2) is 0 Å². The summed E-state index contributed by atoms with van der Waals surface area (Å²) >= 11 is 0.